The molecule has 1 saturated heterocycles. The molecule has 0 spiro atoms. The Bertz CT molecular complexity index is 1350. The lowest BCUT2D eigenvalue weighted by Crippen LogP contribution is -2.42. The fourth-order valence-corrected chi connectivity index (χ4v) is 10.3. The van der Waals surface area contributed by atoms with Crippen molar-refractivity contribution in [3.8, 4) is 11.5 Å². The molecule has 196 valence electrons. The Kier molecular flexibility index (Phi) is 6.15. The number of aromatic amines is 1. The summed E-state index contributed by atoms with van der Waals surface area (Å²) < 4.78 is 12.4. The van der Waals surface area contributed by atoms with Crippen molar-refractivity contribution in [1.29, 1.82) is 0 Å². The number of nitrogens with zero attached hydrogens (tertiary/aromatic N) is 1. The predicted molar refractivity (Wildman–Crippen MR) is 141 cm³/mol. The maximum Gasteiger partial charge on any atom is 0.323 e. The number of methoxy groups -OCH3 is 1. The molecule has 8 nitrogen and oxygen atoms in total. The number of amides is 2. The number of benzene rings is 1. The van der Waals surface area contributed by atoms with E-state index in [2.05, 4.69) is 24.9 Å². The summed E-state index contributed by atoms with van der Waals surface area (Å²) in [6.07, 6.45) is 0.801. The third kappa shape index (κ3) is 3.84. The summed E-state index contributed by atoms with van der Waals surface area (Å²) in [6, 6.07) is 6.06. The number of carboxylic acid groups (broad SMARTS) is 1. The Balaban J connectivity index is 1.41. The van der Waals surface area contributed by atoms with Gasteiger partial charge >= 0.3 is 5.97 Å². The van der Waals surface area contributed by atoms with E-state index >= 15 is 0 Å². The number of nitrogens with one attached hydrogen (secondary N) is 1. The van der Waals surface area contributed by atoms with E-state index in [0.717, 1.165) is 26.8 Å². The number of hydrogen-bond acceptors (Lipinski definition) is 8. The van der Waals surface area contributed by atoms with Crippen molar-refractivity contribution >= 4 is 53.1 Å². The number of thiazole rings is 1. The lowest BCUT2D eigenvalue weighted by atomic mass is 9.68. The number of carbonyl (C=O) groups is 3. The molecule has 1 aromatic heterocycles. The van der Waals surface area contributed by atoms with Crippen molar-refractivity contribution in [3.63, 3.8) is 0 Å². The average molecular weight is 561 g/mol. The zero-order valence-electron chi connectivity index (χ0n) is 20.6. The minimum absolute atomic E-state index is 0.000529. The Labute approximate surface area is 227 Å². The molecule has 2 amide bonds. The number of ether oxygens (including phenoxy) is 2. The largest absolute Gasteiger partial charge is 0.493 e. The molecular formula is C26H28N2O6S3. The third-order valence-electron chi connectivity index (χ3n) is 8.23. The van der Waals surface area contributed by atoms with Crippen molar-refractivity contribution in [2.24, 2.45) is 35.5 Å². The van der Waals surface area contributed by atoms with E-state index in [1.807, 2.05) is 12.1 Å². The Morgan fingerprint density at radius 1 is 1.22 bits per heavy atom. The topological polar surface area (TPSA) is 109 Å². The Morgan fingerprint density at radius 2 is 1.95 bits per heavy atom. The van der Waals surface area contributed by atoms with Crippen LogP contribution in [0.5, 0.6) is 11.5 Å². The second-order valence-electron chi connectivity index (χ2n) is 10.7. The first-order valence-electron chi connectivity index (χ1n) is 12.5. The number of likely N-dealkylation sites (tertiary alicyclic amines) is 1. The lowest BCUT2D eigenvalue weighted by molar-refractivity contribution is -0.149. The van der Waals surface area contributed by atoms with Gasteiger partial charge < -0.3 is 19.6 Å². The van der Waals surface area contributed by atoms with E-state index in [9.17, 15) is 19.5 Å². The average Bonchev–Trinajstić information content (AvgIpc) is 3.58. The number of thioether (sulfide) groups is 1. The van der Waals surface area contributed by atoms with Crippen molar-refractivity contribution < 1.29 is 29.0 Å². The highest BCUT2D eigenvalue weighted by molar-refractivity contribution is 8.00. The van der Waals surface area contributed by atoms with Gasteiger partial charge in [0, 0.05) is 16.0 Å². The molecule has 2 N–H and O–H groups in total. The van der Waals surface area contributed by atoms with E-state index < -0.39 is 24.3 Å². The summed E-state index contributed by atoms with van der Waals surface area (Å²) in [7, 11) is 1.63. The van der Waals surface area contributed by atoms with E-state index in [0.29, 0.717) is 28.0 Å². The van der Waals surface area contributed by atoms with Crippen LogP contribution in [0.15, 0.2) is 23.2 Å². The number of imide groups is 1. The van der Waals surface area contributed by atoms with Crippen LogP contribution in [0, 0.1) is 39.5 Å². The van der Waals surface area contributed by atoms with Gasteiger partial charge in [-0.05, 0) is 60.0 Å². The summed E-state index contributed by atoms with van der Waals surface area (Å²) in [5.41, 5.74) is 1.07. The quantitative estimate of drug-likeness (QED) is 0.379. The van der Waals surface area contributed by atoms with Gasteiger partial charge in [0.05, 0.1) is 30.6 Å². The fraction of sp³-hybridized carbons (Fsp3) is 0.538. The van der Waals surface area contributed by atoms with E-state index in [-0.39, 0.29) is 40.7 Å². The summed E-state index contributed by atoms with van der Waals surface area (Å²) in [5, 5.41) is 10.5. The first kappa shape index (κ1) is 24.9. The van der Waals surface area contributed by atoms with Gasteiger partial charge in [-0.1, -0.05) is 19.9 Å². The van der Waals surface area contributed by atoms with Crippen LogP contribution in [0.25, 0.3) is 0 Å². The molecule has 2 bridgehead atoms. The van der Waals surface area contributed by atoms with Crippen molar-refractivity contribution in [1.82, 2.24) is 9.88 Å². The Morgan fingerprint density at radius 3 is 2.62 bits per heavy atom. The molecule has 0 radical (unpaired) electrons. The first-order valence-corrected chi connectivity index (χ1v) is 14.6. The van der Waals surface area contributed by atoms with Gasteiger partial charge in [0.2, 0.25) is 11.8 Å². The molecule has 2 saturated carbocycles. The molecular weight excluding hydrogens is 532 g/mol. The molecule has 3 fully saturated rings. The molecule has 7 unspecified atom stereocenters. The van der Waals surface area contributed by atoms with Crippen LogP contribution in [0.1, 0.15) is 36.6 Å². The zero-order valence-corrected chi connectivity index (χ0v) is 23.1. The van der Waals surface area contributed by atoms with Gasteiger partial charge in [-0.3, -0.25) is 19.3 Å². The molecule has 2 aliphatic heterocycles. The van der Waals surface area contributed by atoms with Crippen molar-refractivity contribution in [2.75, 3.05) is 20.3 Å². The number of aromatic nitrogens is 1. The maximum absolute atomic E-state index is 13.3. The number of hydrogen-bond donors (Lipinski definition) is 2. The lowest BCUT2D eigenvalue weighted by Gasteiger charge is -2.43. The van der Waals surface area contributed by atoms with Crippen LogP contribution in [0.4, 0.5) is 0 Å². The standard InChI is InChI=1S/C26H28N2O6S3/c1-10(2)9-34-14-5-4-11(6-15(14)33-3)17-18-12-7-13(21(18)36-23-22(17)37-26(35)27-23)20-19(12)24(31)28(25(20)32)8-16(29)30/h4-6,10,12-13,17-21H,7-9H2,1-3H3,(H,27,35)(H,29,30). The van der Waals surface area contributed by atoms with Crippen LogP contribution < -0.4 is 9.47 Å². The summed E-state index contributed by atoms with van der Waals surface area (Å²) in [5.74, 6) is -0.837. The summed E-state index contributed by atoms with van der Waals surface area (Å²) in [6.45, 7) is 4.21. The summed E-state index contributed by atoms with van der Waals surface area (Å²) >= 11 is 8.82. The van der Waals surface area contributed by atoms with Crippen LogP contribution in [-0.4, -0.2) is 58.3 Å². The Hall–Kier alpha value is -2.37. The van der Waals surface area contributed by atoms with Crippen LogP contribution in [0.2, 0.25) is 0 Å². The minimum Gasteiger partial charge on any atom is -0.493 e. The van der Waals surface area contributed by atoms with Crippen molar-refractivity contribution in [2.45, 2.75) is 36.5 Å². The van der Waals surface area contributed by atoms with Gasteiger partial charge in [-0.15, -0.1) is 23.1 Å². The highest BCUT2D eigenvalue weighted by Gasteiger charge is 2.69. The van der Waals surface area contributed by atoms with E-state index in [1.165, 1.54) is 0 Å². The van der Waals surface area contributed by atoms with E-state index in [1.54, 1.807) is 30.2 Å². The molecule has 11 heteroatoms. The molecule has 3 heterocycles. The van der Waals surface area contributed by atoms with Gasteiger partial charge in [-0.2, -0.15) is 0 Å². The number of H-pyrrole nitrogens is 1. The predicted octanol–water partition coefficient (Wildman–Crippen LogP) is 4.41. The van der Waals surface area contributed by atoms with Gasteiger partial charge in [0.1, 0.15) is 6.54 Å². The summed E-state index contributed by atoms with van der Waals surface area (Å²) in [4.78, 5) is 43.4. The van der Waals surface area contributed by atoms with Crippen LogP contribution >= 0.6 is 35.3 Å². The number of carbonyl (C=O) groups excluding carboxylic acids is 2. The second-order valence-corrected chi connectivity index (χ2v) is 13.6. The highest BCUT2D eigenvalue weighted by atomic mass is 32.2. The highest BCUT2D eigenvalue weighted by Crippen LogP contribution is 2.68. The molecule has 1 aromatic carbocycles. The SMILES string of the molecule is COc1cc(C2c3sc(=S)[nH]c3SC3C4CC(C5C(=O)N(CC(=O)O)C(=O)C45)C23)ccc1OCC(C)C. The number of aliphatic carboxylic acids is 1. The molecule has 2 aromatic rings. The van der Waals surface area contributed by atoms with E-state index in [4.69, 9.17) is 21.7 Å². The van der Waals surface area contributed by atoms with Crippen molar-refractivity contribution in [3.05, 3.63) is 32.6 Å². The van der Waals surface area contributed by atoms with Crippen LogP contribution in [-0.2, 0) is 14.4 Å². The maximum atomic E-state index is 13.3. The fourth-order valence-electron chi connectivity index (χ4n) is 7.00. The molecule has 6 rings (SSSR count). The van der Waals surface area contributed by atoms with Gasteiger partial charge in [0.25, 0.3) is 0 Å². The third-order valence-corrected chi connectivity index (χ3v) is 11.2. The number of rotatable bonds is 7. The van der Waals surface area contributed by atoms with Gasteiger partial charge in [-0.25, -0.2) is 0 Å². The number of carboxylic acids is 1. The number of fused-ring (bicyclic) bond motifs is 9. The minimum atomic E-state index is -1.17. The molecule has 37 heavy (non-hydrogen) atoms. The zero-order chi connectivity index (χ0) is 26.2. The van der Waals surface area contributed by atoms with Gasteiger partial charge in [0.15, 0.2) is 15.5 Å². The monoisotopic (exact) mass is 560 g/mol. The second kappa shape index (κ2) is 9.13. The van der Waals surface area contributed by atoms with Crippen LogP contribution in [0.3, 0.4) is 0 Å². The molecule has 7 atom stereocenters. The molecule has 2 aliphatic carbocycles. The smallest absolute Gasteiger partial charge is 0.323 e. The first-order chi connectivity index (χ1) is 17.7. The molecule has 4 aliphatic rings. The normalized spacial score (nSPS) is 31.5.